The molecule has 0 aliphatic rings. The normalized spacial score (nSPS) is 9.31. The van der Waals surface area contributed by atoms with Crippen LogP contribution in [0.1, 0.15) is 12.5 Å². The van der Waals surface area contributed by atoms with Crippen molar-refractivity contribution in [3.05, 3.63) is 28.8 Å². The molecule has 0 aliphatic carbocycles. The zero-order valence-electron chi connectivity index (χ0n) is 8.88. The second kappa shape index (κ2) is 5.99. The van der Waals surface area contributed by atoms with Gasteiger partial charge in [-0.1, -0.05) is 11.6 Å². The molecule has 0 atom stereocenters. The van der Waals surface area contributed by atoms with Crippen LogP contribution in [-0.4, -0.2) is 19.0 Å². The standard InChI is InChI=1S/C11H12ClN3O/c1-2-14-11(16)7-15-10-5-8(6-13)3-4-9(10)12/h3-5,15H,2,7H2,1H3,(H,14,16). The number of anilines is 1. The van der Waals surface area contributed by atoms with Gasteiger partial charge in [0.15, 0.2) is 0 Å². The molecule has 1 aromatic rings. The van der Waals surface area contributed by atoms with Crippen LogP contribution in [0.5, 0.6) is 0 Å². The maximum atomic E-state index is 11.2. The summed E-state index contributed by atoms with van der Waals surface area (Å²) in [5.74, 6) is -0.110. The number of hydrogen-bond donors (Lipinski definition) is 2. The molecule has 0 unspecified atom stereocenters. The molecule has 0 saturated carbocycles. The Bertz CT molecular complexity index is 426. The summed E-state index contributed by atoms with van der Waals surface area (Å²) in [6, 6.07) is 6.87. The van der Waals surface area contributed by atoms with Crippen LogP contribution in [0, 0.1) is 11.3 Å². The van der Waals surface area contributed by atoms with Gasteiger partial charge in [0.05, 0.1) is 28.9 Å². The van der Waals surface area contributed by atoms with Crippen molar-refractivity contribution in [2.24, 2.45) is 0 Å². The lowest BCUT2D eigenvalue weighted by molar-refractivity contribution is -0.119. The fourth-order valence-corrected chi connectivity index (χ4v) is 1.35. The molecular weight excluding hydrogens is 226 g/mol. The van der Waals surface area contributed by atoms with Gasteiger partial charge in [0.1, 0.15) is 0 Å². The molecule has 0 saturated heterocycles. The second-order valence-corrected chi connectivity index (χ2v) is 3.52. The van der Waals surface area contributed by atoms with E-state index in [2.05, 4.69) is 10.6 Å². The first-order chi connectivity index (χ1) is 7.67. The summed E-state index contributed by atoms with van der Waals surface area (Å²) in [4.78, 5) is 11.2. The Kier molecular flexibility index (Phi) is 4.62. The molecule has 16 heavy (non-hydrogen) atoms. The number of nitrogens with zero attached hydrogens (tertiary/aromatic N) is 1. The van der Waals surface area contributed by atoms with Gasteiger partial charge >= 0.3 is 0 Å². The van der Waals surface area contributed by atoms with Crippen molar-refractivity contribution in [1.82, 2.24) is 5.32 Å². The second-order valence-electron chi connectivity index (χ2n) is 3.11. The van der Waals surface area contributed by atoms with Gasteiger partial charge in [-0.25, -0.2) is 0 Å². The van der Waals surface area contributed by atoms with E-state index in [4.69, 9.17) is 16.9 Å². The number of rotatable bonds is 4. The van der Waals surface area contributed by atoms with Gasteiger partial charge in [0.25, 0.3) is 0 Å². The third kappa shape index (κ3) is 3.44. The van der Waals surface area contributed by atoms with Gasteiger partial charge in [0.2, 0.25) is 5.91 Å². The van der Waals surface area contributed by atoms with Gasteiger partial charge in [0, 0.05) is 6.54 Å². The van der Waals surface area contributed by atoms with Crippen molar-refractivity contribution >= 4 is 23.2 Å². The maximum absolute atomic E-state index is 11.2. The van der Waals surface area contributed by atoms with Crippen molar-refractivity contribution in [1.29, 1.82) is 5.26 Å². The highest BCUT2D eigenvalue weighted by molar-refractivity contribution is 6.33. The smallest absolute Gasteiger partial charge is 0.239 e. The van der Waals surface area contributed by atoms with Crippen LogP contribution in [0.4, 0.5) is 5.69 Å². The number of benzene rings is 1. The number of amides is 1. The first kappa shape index (κ1) is 12.3. The Hall–Kier alpha value is -1.73. The highest BCUT2D eigenvalue weighted by Gasteiger charge is 2.04. The average Bonchev–Trinajstić information content (AvgIpc) is 2.28. The molecule has 0 bridgehead atoms. The van der Waals surface area contributed by atoms with Crippen molar-refractivity contribution in [2.75, 3.05) is 18.4 Å². The summed E-state index contributed by atoms with van der Waals surface area (Å²) < 4.78 is 0. The van der Waals surface area contributed by atoms with E-state index in [-0.39, 0.29) is 12.5 Å². The van der Waals surface area contributed by atoms with E-state index in [0.29, 0.717) is 22.8 Å². The predicted molar refractivity (Wildman–Crippen MR) is 63.3 cm³/mol. The van der Waals surface area contributed by atoms with Crippen molar-refractivity contribution < 1.29 is 4.79 Å². The van der Waals surface area contributed by atoms with Gasteiger partial charge in [-0.05, 0) is 25.1 Å². The van der Waals surface area contributed by atoms with E-state index < -0.39 is 0 Å². The molecular formula is C11H12ClN3O. The van der Waals surface area contributed by atoms with Crippen molar-refractivity contribution in [3.63, 3.8) is 0 Å². The number of carbonyl (C=O) groups excluding carboxylic acids is 1. The number of nitriles is 1. The molecule has 1 rings (SSSR count). The number of hydrogen-bond acceptors (Lipinski definition) is 3. The van der Waals surface area contributed by atoms with Crippen LogP contribution < -0.4 is 10.6 Å². The highest BCUT2D eigenvalue weighted by atomic mass is 35.5. The Labute approximate surface area is 99.2 Å². The van der Waals surface area contributed by atoms with E-state index in [9.17, 15) is 4.79 Å². The van der Waals surface area contributed by atoms with Crippen LogP contribution in [-0.2, 0) is 4.79 Å². The minimum Gasteiger partial charge on any atom is -0.375 e. The molecule has 0 radical (unpaired) electrons. The fraction of sp³-hybridized carbons (Fsp3) is 0.273. The van der Waals surface area contributed by atoms with E-state index in [1.54, 1.807) is 18.2 Å². The monoisotopic (exact) mass is 237 g/mol. The van der Waals surface area contributed by atoms with Crippen LogP contribution in [0.2, 0.25) is 5.02 Å². The molecule has 0 aliphatic heterocycles. The Morgan fingerprint density at radius 1 is 1.56 bits per heavy atom. The van der Waals surface area contributed by atoms with Crippen LogP contribution in [0.15, 0.2) is 18.2 Å². The number of nitrogens with one attached hydrogen (secondary N) is 2. The summed E-state index contributed by atoms with van der Waals surface area (Å²) in [6.07, 6.45) is 0. The van der Waals surface area contributed by atoms with Crippen LogP contribution >= 0.6 is 11.6 Å². The zero-order valence-corrected chi connectivity index (χ0v) is 9.64. The predicted octanol–water partition coefficient (Wildman–Crippen LogP) is 1.76. The SMILES string of the molecule is CCNC(=O)CNc1cc(C#N)ccc1Cl. The first-order valence-corrected chi connectivity index (χ1v) is 5.25. The van der Waals surface area contributed by atoms with E-state index >= 15 is 0 Å². The number of halogens is 1. The summed E-state index contributed by atoms with van der Waals surface area (Å²) in [5, 5.41) is 14.7. The van der Waals surface area contributed by atoms with E-state index in [0.717, 1.165) is 0 Å². The molecule has 0 heterocycles. The molecule has 84 valence electrons. The summed E-state index contributed by atoms with van der Waals surface area (Å²) in [5.41, 5.74) is 1.09. The Morgan fingerprint density at radius 3 is 2.94 bits per heavy atom. The molecule has 1 aromatic carbocycles. The van der Waals surface area contributed by atoms with Crippen molar-refractivity contribution in [3.8, 4) is 6.07 Å². The topological polar surface area (TPSA) is 64.9 Å². The Balaban J connectivity index is 2.66. The summed E-state index contributed by atoms with van der Waals surface area (Å²) in [6.45, 7) is 2.58. The zero-order chi connectivity index (χ0) is 12.0. The number of likely N-dealkylation sites (N-methyl/N-ethyl adjacent to an activating group) is 1. The quantitative estimate of drug-likeness (QED) is 0.839. The van der Waals surface area contributed by atoms with E-state index in [1.807, 2.05) is 13.0 Å². The third-order valence-corrected chi connectivity index (χ3v) is 2.24. The van der Waals surface area contributed by atoms with Gasteiger partial charge in [-0.15, -0.1) is 0 Å². The fourth-order valence-electron chi connectivity index (χ4n) is 1.17. The molecule has 1 amide bonds. The lowest BCUT2D eigenvalue weighted by Crippen LogP contribution is -2.29. The van der Waals surface area contributed by atoms with Crippen LogP contribution in [0.3, 0.4) is 0 Å². The molecule has 0 spiro atoms. The average molecular weight is 238 g/mol. The molecule has 0 fully saturated rings. The molecule has 2 N–H and O–H groups in total. The maximum Gasteiger partial charge on any atom is 0.239 e. The highest BCUT2D eigenvalue weighted by Crippen LogP contribution is 2.22. The van der Waals surface area contributed by atoms with Gasteiger partial charge in [-0.2, -0.15) is 5.26 Å². The largest absolute Gasteiger partial charge is 0.375 e. The number of carbonyl (C=O) groups is 1. The minimum absolute atomic E-state index is 0.110. The third-order valence-electron chi connectivity index (χ3n) is 1.91. The molecule has 0 aromatic heterocycles. The van der Waals surface area contributed by atoms with E-state index in [1.165, 1.54) is 0 Å². The van der Waals surface area contributed by atoms with Crippen LogP contribution in [0.25, 0.3) is 0 Å². The van der Waals surface area contributed by atoms with Gasteiger partial charge in [-0.3, -0.25) is 4.79 Å². The first-order valence-electron chi connectivity index (χ1n) is 4.87. The minimum atomic E-state index is -0.110. The molecule has 4 nitrogen and oxygen atoms in total. The van der Waals surface area contributed by atoms with Gasteiger partial charge < -0.3 is 10.6 Å². The Morgan fingerprint density at radius 2 is 2.31 bits per heavy atom. The molecule has 5 heteroatoms. The summed E-state index contributed by atoms with van der Waals surface area (Å²) >= 11 is 5.91. The van der Waals surface area contributed by atoms with Crippen molar-refractivity contribution in [2.45, 2.75) is 6.92 Å². The lowest BCUT2D eigenvalue weighted by Gasteiger charge is -2.08. The summed E-state index contributed by atoms with van der Waals surface area (Å²) in [7, 11) is 0. The lowest BCUT2D eigenvalue weighted by atomic mass is 10.2.